The number of hydrogen-bond donors (Lipinski definition) is 1. The highest BCUT2D eigenvalue weighted by Gasteiger charge is 2.04. The number of benzene rings is 1. The molecule has 0 radical (unpaired) electrons. The summed E-state index contributed by atoms with van der Waals surface area (Å²) in [6.45, 7) is 1.94. The summed E-state index contributed by atoms with van der Waals surface area (Å²) in [5.41, 5.74) is 2.36. The second kappa shape index (κ2) is 2.48. The molecule has 0 aliphatic carbocycles. The number of nitrogens with one attached hydrogen (secondary N) is 1. The minimum atomic E-state index is -0.420. The summed E-state index contributed by atoms with van der Waals surface area (Å²) in [5, 5.41) is 0. The Morgan fingerprint density at radius 3 is 3.00 bits per heavy atom. The molecule has 2 rings (SSSR count). The van der Waals surface area contributed by atoms with E-state index in [1.54, 1.807) is 0 Å². The molecule has 12 heavy (non-hydrogen) atoms. The van der Waals surface area contributed by atoms with E-state index in [-0.39, 0.29) is 0 Å². The number of oxazole rings is 1. The van der Waals surface area contributed by atoms with E-state index in [1.807, 2.05) is 19.1 Å². The normalized spacial score (nSPS) is 10.8. The molecule has 0 atom stereocenters. The Balaban J connectivity index is 2.97. The van der Waals surface area contributed by atoms with Gasteiger partial charge in [0.05, 0.1) is 0 Å². The number of aromatic amines is 1. The van der Waals surface area contributed by atoms with Crippen LogP contribution in [0.5, 0.6) is 0 Å². The van der Waals surface area contributed by atoms with Crippen LogP contribution in [0.2, 0.25) is 0 Å². The van der Waals surface area contributed by atoms with E-state index in [9.17, 15) is 4.79 Å². The average Bonchev–Trinajstić information content (AvgIpc) is 2.29. The molecular weight excluding hydrogens is 222 g/mol. The lowest BCUT2D eigenvalue weighted by Gasteiger charge is -1.93. The maximum atomic E-state index is 10.8. The molecule has 0 bridgehead atoms. The van der Waals surface area contributed by atoms with E-state index >= 15 is 0 Å². The van der Waals surface area contributed by atoms with Gasteiger partial charge < -0.3 is 4.42 Å². The third-order valence-electron chi connectivity index (χ3n) is 1.63. The van der Waals surface area contributed by atoms with Crippen LogP contribution in [0.3, 0.4) is 0 Å². The van der Waals surface area contributed by atoms with Gasteiger partial charge in [0.25, 0.3) is 0 Å². The maximum absolute atomic E-state index is 10.8. The lowest BCUT2D eigenvalue weighted by atomic mass is 10.2. The standard InChI is InChI=1S/C8H6BrNO2/c1-4-2-5(9)7-6(3-4)12-8(11)10-7/h2-3H,1H3,(H,10,11). The number of halogens is 1. The number of rotatable bonds is 0. The van der Waals surface area contributed by atoms with Crippen molar-refractivity contribution in [2.24, 2.45) is 0 Å². The van der Waals surface area contributed by atoms with Gasteiger partial charge in [0.2, 0.25) is 0 Å². The summed E-state index contributed by atoms with van der Waals surface area (Å²) in [6.07, 6.45) is 0. The predicted octanol–water partition coefficient (Wildman–Crippen LogP) is 2.19. The highest BCUT2D eigenvalue weighted by molar-refractivity contribution is 9.10. The summed E-state index contributed by atoms with van der Waals surface area (Å²) in [7, 11) is 0. The first-order chi connectivity index (χ1) is 5.66. The first-order valence-electron chi connectivity index (χ1n) is 3.46. The zero-order valence-corrected chi connectivity index (χ0v) is 7.94. The van der Waals surface area contributed by atoms with Crippen molar-refractivity contribution in [3.63, 3.8) is 0 Å². The van der Waals surface area contributed by atoms with Crippen molar-refractivity contribution in [2.45, 2.75) is 6.92 Å². The molecule has 0 aliphatic heterocycles. The highest BCUT2D eigenvalue weighted by atomic mass is 79.9. The predicted molar refractivity (Wildman–Crippen MR) is 49.3 cm³/mol. The molecule has 1 N–H and O–H groups in total. The van der Waals surface area contributed by atoms with E-state index in [0.29, 0.717) is 11.1 Å². The molecule has 1 aromatic heterocycles. The van der Waals surface area contributed by atoms with Gasteiger partial charge in [0, 0.05) is 4.47 Å². The number of fused-ring (bicyclic) bond motifs is 1. The Morgan fingerprint density at radius 1 is 1.50 bits per heavy atom. The van der Waals surface area contributed by atoms with Crippen LogP contribution >= 0.6 is 15.9 Å². The Hall–Kier alpha value is -1.03. The molecule has 4 heteroatoms. The molecule has 1 aromatic carbocycles. The van der Waals surface area contributed by atoms with E-state index in [1.165, 1.54) is 0 Å². The fraction of sp³-hybridized carbons (Fsp3) is 0.125. The zero-order chi connectivity index (χ0) is 8.72. The van der Waals surface area contributed by atoms with Gasteiger partial charge in [-0.2, -0.15) is 0 Å². The van der Waals surface area contributed by atoms with Crippen LogP contribution in [0.25, 0.3) is 11.1 Å². The maximum Gasteiger partial charge on any atom is 0.417 e. The average molecular weight is 228 g/mol. The first-order valence-corrected chi connectivity index (χ1v) is 4.25. The van der Waals surface area contributed by atoms with E-state index in [2.05, 4.69) is 20.9 Å². The van der Waals surface area contributed by atoms with Crippen molar-refractivity contribution < 1.29 is 4.42 Å². The van der Waals surface area contributed by atoms with E-state index < -0.39 is 5.76 Å². The van der Waals surface area contributed by atoms with E-state index in [4.69, 9.17) is 4.42 Å². The molecule has 0 unspecified atom stereocenters. The lowest BCUT2D eigenvalue weighted by molar-refractivity contribution is 0.555. The van der Waals surface area contributed by atoms with Crippen LogP contribution in [0, 0.1) is 6.92 Å². The summed E-state index contributed by atoms with van der Waals surface area (Å²) in [6, 6.07) is 3.74. The number of aryl methyl sites for hydroxylation is 1. The molecule has 0 fully saturated rings. The van der Waals surface area contributed by atoms with Gasteiger partial charge in [-0.3, -0.25) is 4.98 Å². The van der Waals surface area contributed by atoms with Crippen LogP contribution in [0.1, 0.15) is 5.56 Å². The fourth-order valence-corrected chi connectivity index (χ4v) is 1.80. The smallest absolute Gasteiger partial charge is 0.408 e. The van der Waals surface area contributed by atoms with Gasteiger partial charge in [-0.1, -0.05) is 0 Å². The van der Waals surface area contributed by atoms with Gasteiger partial charge in [-0.15, -0.1) is 0 Å². The van der Waals surface area contributed by atoms with Crippen LogP contribution in [-0.2, 0) is 0 Å². The third kappa shape index (κ3) is 1.08. The van der Waals surface area contributed by atoms with Crippen molar-refractivity contribution in [3.05, 3.63) is 32.7 Å². The molecule has 62 valence electrons. The van der Waals surface area contributed by atoms with Gasteiger partial charge in [0.15, 0.2) is 5.58 Å². The van der Waals surface area contributed by atoms with Gasteiger partial charge >= 0.3 is 5.76 Å². The molecule has 0 spiro atoms. The highest BCUT2D eigenvalue weighted by Crippen LogP contribution is 2.22. The number of H-pyrrole nitrogens is 1. The summed E-state index contributed by atoms with van der Waals surface area (Å²) in [5.74, 6) is -0.420. The Labute approximate surface area is 76.5 Å². The quantitative estimate of drug-likeness (QED) is 0.751. The molecule has 0 saturated heterocycles. The molecule has 0 amide bonds. The molecule has 0 saturated carbocycles. The second-order valence-electron chi connectivity index (χ2n) is 2.63. The molecule has 0 aliphatic rings. The zero-order valence-electron chi connectivity index (χ0n) is 6.35. The minimum absolute atomic E-state index is 0.420. The number of hydrogen-bond acceptors (Lipinski definition) is 2. The lowest BCUT2D eigenvalue weighted by Crippen LogP contribution is -1.93. The Kier molecular flexibility index (Phi) is 1.58. The first kappa shape index (κ1) is 7.61. The van der Waals surface area contributed by atoms with Gasteiger partial charge in [-0.05, 0) is 40.5 Å². The van der Waals surface area contributed by atoms with Crippen molar-refractivity contribution in [2.75, 3.05) is 0 Å². The van der Waals surface area contributed by atoms with Crippen LogP contribution in [0.4, 0.5) is 0 Å². The number of aromatic nitrogens is 1. The summed E-state index contributed by atoms with van der Waals surface area (Å²) >= 11 is 3.33. The Morgan fingerprint density at radius 2 is 2.25 bits per heavy atom. The minimum Gasteiger partial charge on any atom is -0.408 e. The fourth-order valence-electron chi connectivity index (χ4n) is 1.14. The molecule has 3 nitrogen and oxygen atoms in total. The van der Waals surface area contributed by atoms with Crippen molar-refractivity contribution >= 4 is 27.0 Å². The SMILES string of the molecule is Cc1cc(Br)c2[nH]c(=O)oc2c1. The molecular formula is C8H6BrNO2. The van der Waals surface area contributed by atoms with Crippen molar-refractivity contribution in [3.8, 4) is 0 Å². The van der Waals surface area contributed by atoms with Crippen LogP contribution in [0.15, 0.2) is 25.8 Å². The largest absolute Gasteiger partial charge is 0.417 e. The summed E-state index contributed by atoms with van der Waals surface area (Å²) < 4.78 is 5.74. The van der Waals surface area contributed by atoms with Gasteiger partial charge in [0.1, 0.15) is 5.52 Å². The summed E-state index contributed by atoms with van der Waals surface area (Å²) in [4.78, 5) is 13.4. The van der Waals surface area contributed by atoms with Crippen LogP contribution < -0.4 is 5.76 Å². The van der Waals surface area contributed by atoms with Crippen molar-refractivity contribution in [1.29, 1.82) is 0 Å². The topological polar surface area (TPSA) is 46.0 Å². The second-order valence-corrected chi connectivity index (χ2v) is 3.49. The molecule has 1 heterocycles. The monoisotopic (exact) mass is 227 g/mol. The van der Waals surface area contributed by atoms with Gasteiger partial charge in [-0.25, -0.2) is 4.79 Å². The third-order valence-corrected chi connectivity index (χ3v) is 2.25. The molecule has 2 aromatic rings. The Bertz CT molecular complexity index is 483. The van der Waals surface area contributed by atoms with Crippen molar-refractivity contribution in [1.82, 2.24) is 4.98 Å². The van der Waals surface area contributed by atoms with E-state index in [0.717, 1.165) is 10.0 Å². The van der Waals surface area contributed by atoms with Crippen LogP contribution in [-0.4, -0.2) is 4.98 Å².